The maximum atomic E-state index is 11.2. The number of benzene rings is 1. The Kier molecular flexibility index (Phi) is 4.31. The van der Waals surface area contributed by atoms with Crippen LogP contribution < -0.4 is 5.63 Å². The Morgan fingerprint density at radius 3 is 2.65 bits per heavy atom. The van der Waals surface area contributed by atoms with E-state index in [4.69, 9.17) is 4.42 Å². The van der Waals surface area contributed by atoms with Gasteiger partial charge in [0.25, 0.3) is 0 Å². The number of aromatic hydroxyl groups is 1. The van der Waals surface area contributed by atoms with Gasteiger partial charge in [-0.25, -0.2) is 4.79 Å². The summed E-state index contributed by atoms with van der Waals surface area (Å²) in [4.78, 5) is 20.8. The molecule has 0 fully saturated rings. The Hall–Kier alpha value is -0.890. The van der Waals surface area contributed by atoms with Crippen LogP contribution in [0.25, 0.3) is 11.0 Å². The number of hydrogen-bond acceptors (Lipinski definition) is 5. The summed E-state index contributed by atoms with van der Waals surface area (Å²) in [5, 5.41) is 20.3. The smallest absolute Gasteiger partial charge is 0.419 e. The van der Waals surface area contributed by atoms with Crippen molar-refractivity contribution in [3.05, 3.63) is 43.2 Å². The average molecular weight is 309 g/mol. The molecule has 0 saturated carbocycles. The first-order valence-corrected chi connectivity index (χ1v) is 4.89. The van der Waals surface area contributed by atoms with E-state index < -0.39 is 22.0 Å². The van der Waals surface area contributed by atoms with Crippen LogP contribution >= 0.6 is 15.9 Å². The first kappa shape index (κ1) is 14.2. The van der Waals surface area contributed by atoms with Crippen molar-refractivity contribution >= 4 is 62.1 Å². The minimum atomic E-state index is -1.17. The van der Waals surface area contributed by atoms with Crippen LogP contribution in [-0.4, -0.2) is 39.6 Å². The van der Waals surface area contributed by atoms with E-state index in [2.05, 4.69) is 15.9 Å². The number of halogens is 1. The summed E-state index contributed by atoms with van der Waals surface area (Å²) < 4.78 is 5.32. The second kappa shape index (κ2) is 5.18. The van der Waals surface area contributed by atoms with E-state index >= 15 is 0 Å². The summed E-state index contributed by atoms with van der Waals surface area (Å²) in [6, 6.07) is 4.46. The first-order valence-electron chi connectivity index (χ1n) is 4.10. The molecular formula is C9H4BrNNaO5. The summed E-state index contributed by atoms with van der Waals surface area (Å²) in [7, 11) is 0. The van der Waals surface area contributed by atoms with Gasteiger partial charge >= 0.3 is 11.3 Å². The van der Waals surface area contributed by atoms with E-state index in [1.165, 1.54) is 12.1 Å². The summed E-state index contributed by atoms with van der Waals surface area (Å²) in [5.41, 5.74) is -2.03. The molecule has 17 heavy (non-hydrogen) atoms. The fraction of sp³-hybridized carbons (Fsp3) is 0. The van der Waals surface area contributed by atoms with Crippen molar-refractivity contribution in [1.82, 2.24) is 0 Å². The van der Waals surface area contributed by atoms with E-state index in [0.717, 1.165) is 0 Å². The fourth-order valence-electron chi connectivity index (χ4n) is 1.31. The Labute approximate surface area is 125 Å². The average Bonchev–Trinajstić information content (AvgIpc) is 2.19. The molecule has 0 unspecified atom stereocenters. The van der Waals surface area contributed by atoms with Crippen molar-refractivity contribution in [2.75, 3.05) is 0 Å². The van der Waals surface area contributed by atoms with Gasteiger partial charge in [-0.05, 0) is 18.2 Å². The molecule has 1 aromatic carbocycles. The number of hydrogen-bond donors (Lipinski definition) is 1. The normalized spacial score (nSPS) is 9.94. The first-order chi connectivity index (χ1) is 7.50. The van der Waals surface area contributed by atoms with E-state index in [9.17, 15) is 20.0 Å². The Balaban J connectivity index is 0.00000144. The van der Waals surface area contributed by atoms with Crippen molar-refractivity contribution in [2.45, 2.75) is 0 Å². The maximum absolute atomic E-state index is 11.2. The molecular weight excluding hydrogens is 305 g/mol. The molecule has 2 rings (SSSR count). The van der Waals surface area contributed by atoms with Crippen molar-refractivity contribution in [2.24, 2.45) is 0 Å². The van der Waals surface area contributed by atoms with Crippen LogP contribution in [0.2, 0.25) is 0 Å². The van der Waals surface area contributed by atoms with Crippen molar-refractivity contribution < 1.29 is 14.4 Å². The molecule has 1 heterocycles. The summed E-state index contributed by atoms with van der Waals surface area (Å²) in [5.74, 6) is -0.683. The predicted molar refractivity (Wildman–Crippen MR) is 64.3 cm³/mol. The van der Waals surface area contributed by atoms with Gasteiger partial charge in [-0.1, -0.05) is 15.9 Å². The van der Waals surface area contributed by atoms with Gasteiger partial charge in [0.1, 0.15) is 5.58 Å². The molecule has 83 valence electrons. The SMILES string of the molecule is O=c1oc2ccc(Br)cc2c(O)c1[N+](=O)[O-].[Na]. The van der Waals surface area contributed by atoms with Crippen LogP contribution in [0.3, 0.4) is 0 Å². The molecule has 0 aliphatic carbocycles. The second-order valence-corrected chi connectivity index (χ2v) is 3.90. The molecule has 0 bridgehead atoms. The summed E-state index contributed by atoms with van der Waals surface area (Å²) in [6.07, 6.45) is 0. The number of nitrogens with zero attached hydrogens (tertiary/aromatic N) is 1. The number of rotatable bonds is 1. The molecule has 0 amide bonds. The zero-order valence-electron chi connectivity index (χ0n) is 8.64. The molecule has 0 saturated heterocycles. The van der Waals surface area contributed by atoms with Gasteiger partial charge in [0, 0.05) is 34.0 Å². The molecule has 0 aliphatic rings. The van der Waals surface area contributed by atoms with Crippen molar-refractivity contribution in [3.63, 3.8) is 0 Å². The molecule has 1 N–H and O–H groups in total. The van der Waals surface area contributed by atoms with Crippen molar-refractivity contribution in [3.8, 4) is 5.75 Å². The Morgan fingerprint density at radius 1 is 1.41 bits per heavy atom. The van der Waals surface area contributed by atoms with Crippen LogP contribution in [0.1, 0.15) is 0 Å². The molecule has 2 aromatic rings. The Morgan fingerprint density at radius 2 is 2.06 bits per heavy atom. The van der Waals surface area contributed by atoms with Crippen molar-refractivity contribution in [1.29, 1.82) is 0 Å². The minimum absolute atomic E-state index is 0. The molecule has 8 heteroatoms. The van der Waals surface area contributed by atoms with E-state index in [0.29, 0.717) is 4.47 Å². The molecule has 0 atom stereocenters. The molecule has 1 radical (unpaired) electrons. The second-order valence-electron chi connectivity index (χ2n) is 2.98. The third-order valence-electron chi connectivity index (χ3n) is 2.00. The molecule has 0 aliphatic heterocycles. The van der Waals surface area contributed by atoms with Gasteiger partial charge in [-0.15, -0.1) is 0 Å². The standard InChI is InChI=1S/C9H4BrNO5.Na/c10-4-1-2-6-5(3-4)8(12)7(11(14)15)9(13)16-6;/h1-3,12H;. The number of fused-ring (bicyclic) bond motifs is 1. The topological polar surface area (TPSA) is 93.6 Å². The summed E-state index contributed by atoms with van der Waals surface area (Å²) in [6.45, 7) is 0. The van der Waals surface area contributed by atoms with Crippen LogP contribution in [0, 0.1) is 10.1 Å². The largest absolute Gasteiger partial charge is 0.501 e. The maximum Gasteiger partial charge on any atom is 0.419 e. The van der Waals surface area contributed by atoms with E-state index in [1.54, 1.807) is 6.07 Å². The number of nitro groups is 1. The van der Waals surface area contributed by atoms with E-state index in [1.807, 2.05) is 0 Å². The predicted octanol–water partition coefficient (Wildman–Crippen LogP) is 1.79. The van der Waals surface area contributed by atoms with Gasteiger partial charge in [0.2, 0.25) is 5.75 Å². The van der Waals surface area contributed by atoms with Crippen LogP contribution in [0.5, 0.6) is 5.75 Å². The monoisotopic (exact) mass is 308 g/mol. The summed E-state index contributed by atoms with van der Waals surface area (Å²) >= 11 is 3.15. The van der Waals surface area contributed by atoms with E-state index in [-0.39, 0.29) is 40.5 Å². The fourth-order valence-corrected chi connectivity index (χ4v) is 1.67. The van der Waals surface area contributed by atoms with Gasteiger partial charge in [-0.3, -0.25) is 10.1 Å². The molecule has 6 nitrogen and oxygen atoms in total. The third kappa shape index (κ3) is 2.52. The van der Waals surface area contributed by atoms with Crippen LogP contribution in [0.4, 0.5) is 5.69 Å². The quantitative estimate of drug-likeness (QED) is 0.375. The Bertz CT molecular complexity index is 654. The van der Waals surface area contributed by atoms with Crippen LogP contribution in [-0.2, 0) is 0 Å². The van der Waals surface area contributed by atoms with Gasteiger partial charge in [-0.2, -0.15) is 0 Å². The van der Waals surface area contributed by atoms with Gasteiger partial charge in [0.05, 0.1) is 10.3 Å². The zero-order valence-corrected chi connectivity index (χ0v) is 12.2. The van der Waals surface area contributed by atoms with Crippen LogP contribution in [0.15, 0.2) is 31.9 Å². The molecule has 0 spiro atoms. The minimum Gasteiger partial charge on any atom is -0.501 e. The molecule has 1 aromatic heterocycles. The third-order valence-corrected chi connectivity index (χ3v) is 2.49. The van der Waals surface area contributed by atoms with Gasteiger partial charge < -0.3 is 9.52 Å². The zero-order chi connectivity index (χ0) is 11.9. The van der Waals surface area contributed by atoms with Gasteiger partial charge in [0.15, 0.2) is 0 Å².